The molecule has 2 aromatic rings. The summed E-state index contributed by atoms with van der Waals surface area (Å²) in [7, 11) is -3.87. The van der Waals surface area contributed by atoms with Crippen LogP contribution in [0.3, 0.4) is 0 Å². The molecule has 1 aliphatic heterocycles. The highest BCUT2D eigenvalue weighted by atomic mass is 35.5. The van der Waals surface area contributed by atoms with Crippen molar-refractivity contribution in [1.29, 1.82) is 0 Å². The molecule has 0 saturated heterocycles. The SMILES string of the molecule is CCOP(=O)(O)C(c1ccccc1Cl)N1CCc2sccc2C1. The summed E-state index contributed by atoms with van der Waals surface area (Å²) < 4.78 is 18.1. The fourth-order valence-corrected chi connectivity index (χ4v) is 5.90. The molecule has 0 aliphatic carbocycles. The van der Waals surface area contributed by atoms with Gasteiger partial charge in [0.25, 0.3) is 0 Å². The van der Waals surface area contributed by atoms with E-state index in [2.05, 4.69) is 11.4 Å². The van der Waals surface area contributed by atoms with Crippen molar-refractivity contribution < 1.29 is 14.0 Å². The minimum Gasteiger partial charge on any atom is -0.323 e. The number of nitrogens with zero attached hydrogens (tertiary/aromatic N) is 1. The normalized spacial score (nSPS) is 19.1. The molecule has 1 N–H and O–H groups in total. The third kappa shape index (κ3) is 3.55. The van der Waals surface area contributed by atoms with Gasteiger partial charge in [0, 0.05) is 28.6 Å². The molecule has 0 spiro atoms. The molecule has 124 valence electrons. The number of thiophene rings is 1. The molecule has 3 rings (SSSR count). The number of rotatable bonds is 5. The zero-order chi connectivity index (χ0) is 16.4. The number of benzene rings is 1. The van der Waals surface area contributed by atoms with Crippen LogP contribution in [-0.2, 0) is 22.1 Å². The number of halogens is 1. The molecule has 0 bridgehead atoms. The van der Waals surface area contributed by atoms with Crippen LogP contribution in [0.2, 0.25) is 5.02 Å². The zero-order valence-corrected chi connectivity index (χ0v) is 15.3. The van der Waals surface area contributed by atoms with Gasteiger partial charge in [-0.2, -0.15) is 0 Å². The van der Waals surface area contributed by atoms with Gasteiger partial charge in [-0.1, -0.05) is 29.8 Å². The van der Waals surface area contributed by atoms with E-state index in [9.17, 15) is 9.46 Å². The summed E-state index contributed by atoms with van der Waals surface area (Å²) in [5.41, 5.74) is 1.86. The van der Waals surface area contributed by atoms with Gasteiger partial charge in [0.2, 0.25) is 0 Å². The quantitative estimate of drug-likeness (QED) is 0.775. The van der Waals surface area contributed by atoms with Gasteiger partial charge in [-0.25, -0.2) is 0 Å². The summed E-state index contributed by atoms with van der Waals surface area (Å²) in [5, 5.41) is 2.56. The zero-order valence-electron chi connectivity index (χ0n) is 12.8. The lowest BCUT2D eigenvalue weighted by atomic mass is 10.1. The second-order valence-corrected chi connectivity index (χ2v) is 8.75. The first-order valence-corrected chi connectivity index (χ1v) is 10.4. The fourth-order valence-electron chi connectivity index (χ4n) is 3.00. The molecule has 0 radical (unpaired) electrons. The molecule has 0 amide bonds. The van der Waals surface area contributed by atoms with Crippen molar-refractivity contribution in [2.45, 2.75) is 25.7 Å². The Kier molecular flexibility index (Phi) is 5.26. The monoisotopic (exact) mass is 371 g/mol. The fraction of sp³-hybridized carbons (Fsp3) is 0.375. The standard InChI is InChI=1S/C16H19ClNO3PS/c1-2-21-22(19,20)16(13-5-3-4-6-14(13)17)18-9-7-15-12(11-18)8-10-23-15/h3-6,8,10,16H,2,7,9,11H2,1H3,(H,19,20). The predicted octanol–water partition coefficient (Wildman–Crippen LogP) is 4.68. The van der Waals surface area contributed by atoms with E-state index < -0.39 is 13.4 Å². The molecule has 4 nitrogen and oxygen atoms in total. The molecule has 2 atom stereocenters. The number of hydrogen-bond acceptors (Lipinski definition) is 4. The summed E-state index contributed by atoms with van der Waals surface area (Å²) in [6.07, 6.45) is 0.875. The van der Waals surface area contributed by atoms with E-state index in [0.29, 0.717) is 23.7 Å². The molecule has 7 heteroatoms. The molecular formula is C16H19ClNO3PS. The Balaban J connectivity index is 2.00. The first kappa shape index (κ1) is 17.2. The highest BCUT2D eigenvalue weighted by Gasteiger charge is 2.40. The summed E-state index contributed by atoms with van der Waals surface area (Å²) in [6.45, 7) is 3.25. The molecule has 0 fully saturated rings. The number of fused-ring (bicyclic) bond motifs is 1. The highest BCUT2D eigenvalue weighted by molar-refractivity contribution is 7.53. The van der Waals surface area contributed by atoms with E-state index in [1.807, 2.05) is 17.0 Å². The van der Waals surface area contributed by atoms with Gasteiger partial charge in [-0.3, -0.25) is 9.46 Å². The molecule has 1 aromatic heterocycles. The van der Waals surface area contributed by atoms with Crippen molar-refractivity contribution in [2.75, 3.05) is 13.2 Å². The molecule has 1 aliphatic rings. The molecule has 0 saturated carbocycles. The largest absolute Gasteiger partial charge is 0.349 e. The van der Waals surface area contributed by atoms with Gasteiger partial charge < -0.3 is 9.42 Å². The van der Waals surface area contributed by atoms with Crippen LogP contribution in [0.5, 0.6) is 0 Å². The van der Waals surface area contributed by atoms with E-state index in [1.54, 1.807) is 30.4 Å². The lowest BCUT2D eigenvalue weighted by molar-refractivity contribution is 0.179. The van der Waals surface area contributed by atoms with Crippen molar-refractivity contribution in [3.8, 4) is 0 Å². The van der Waals surface area contributed by atoms with Crippen LogP contribution in [0.1, 0.15) is 28.7 Å². The maximum absolute atomic E-state index is 12.9. The van der Waals surface area contributed by atoms with Gasteiger partial charge in [0.05, 0.1) is 6.61 Å². The van der Waals surface area contributed by atoms with Crippen molar-refractivity contribution in [2.24, 2.45) is 0 Å². The maximum atomic E-state index is 12.9. The second-order valence-electron chi connectivity index (χ2n) is 5.47. The van der Waals surface area contributed by atoms with Crippen LogP contribution in [0.25, 0.3) is 0 Å². The van der Waals surface area contributed by atoms with Gasteiger partial charge >= 0.3 is 7.60 Å². The average Bonchev–Trinajstić information content (AvgIpc) is 2.97. The minimum absolute atomic E-state index is 0.187. The van der Waals surface area contributed by atoms with Crippen LogP contribution in [0.4, 0.5) is 0 Å². The second kappa shape index (κ2) is 7.06. The van der Waals surface area contributed by atoms with E-state index >= 15 is 0 Å². The minimum atomic E-state index is -3.87. The topological polar surface area (TPSA) is 49.8 Å². The third-order valence-corrected chi connectivity index (χ3v) is 7.21. The predicted molar refractivity (Wildman–Crippen MR) is 94.1 cm³/mol. The van der Waals surface area contributed by atoms with Crippen molar-refractivity contribution in [3.63, 3.8) is 0 Å². The molecular weight excluding hydrogens is 353 g/mol. The summed E-state index contributed by atoms with van der Waals surface area (Å²) in [5.74, 6) is -0.746. The van der Waals surface area contributed by atoms with E-state index in [0.717, 1.165) is 6.42 Å². The van der Waals surface area contributed by atoms with Crippen LogP contribution in [0, 0.1) is 0 Å². The molecule has 1 aromatic carbocycles. The maximum Gasteiger partial charge on any atom is 0.349 e. The van der Waals surface area contributed by atoms with E-state index in [4.69, 9.17) is 16.1 Å². The number of hydrogen-bond donors (Lipinski definition) is 1. The van der Waals surface area contributed by atoms with Gasteiger partial charge in [-0.05, 0) is 36.4 Å². The first-order valence-electron chi connectivity index (χ1n) is 7.53. The van der Waals surface area contributed by atoms with Crippen molar-refractivity contribution in [1.82, 2.24) is 4.90 Å². The highest BCUT2D eigenvalue weighted by Crippen LogP contribution is 2.59. The first-order chi connectivity index (χ1) is 11.0. The van der Waals surface area contributed by atoms with E-state index in [1.165, 1.54) is 10.4 Å². The van der Waals surface area contributed by atoms with Crippen LogP contribution in [-0.4, -0.2) is 22.9 Å². The van der Waals surface area contributed by atoms with Crippen LogP contribution >= 0.6 is 30.5 Å². The lowest BCUT2D eigenvalue weighted by Crippen LogP contribution is -2.34. The van der Waals surface area contributed by atoms with Crippen LogP contribution in [0.15, 0.2) is 35.7 Å². The lowest BCUT2D eigenvalue weighted by Gasteiger charge is -2.36. The van der Waals surface area contributed by atoms with Gasteiger partial charge in [-0.15, -0.1) is 11.3 Å². The van der Waals surface area contributed by atoms with Crippen molar-refractivity contribution in [3.05, 3.63) is 56.7 Å². The summed E-state index contributed by atoms with van der Waals surface area (Å²) in [6, 6.07) is 9.28. The Hall–Kier alpha value is -0.680. The Morgan fingerprint density at radius 2 is 2.22 bits per heavy atom. The molecule has 2 unspecified atom stereocenters. The van der Waals surface area contributed by atoms with Gasteiger partial charge in [0.1, 0.15) is 5.78 Å². The third-order valence-electron chi connectivity index (χ3n) is 3.99. The summed E-state index contributed by atoms with van der Waals surface area (Å²) >= 11 is 8.05. The Labute approximate surface area is 145 Å². The summed E-state index contributed by atoms with van der Waals surface area (Å²) in [4.78, 5) is 13.9. The van der Waals surface area contributed by atoms with Crippen LogP contribution < -0.4 is 0 Å². The Morgan fingerprint density at radius 1 is 1.43 bits per heavy atom. The van der Waals surface area contributed by atoms with Gasteiger partial charge in [0.15, 0.2) is 0 Å². The average molecular weight is 372 g/mol. The molecule has 23 heavy (non-hydrogen) atoms. The Morgan fingerprint density at radius 3 is 2.96 bits per heavy atom. The molecule has 2 heterocycles. The van der Waals surface area contributed by atoms with E-state index in [-0.39, 0.29) is 6.61 Å². The Bertz CT molecular complexity index is 736. The smallest absolute Gasteiger partial charge is 0.323 e. The van der Waals surface area contributed by atoms with Crippen molar-refractivity contribution >= 4 is 30.5 Å².